The fourth-order valence-electron chi connectivity index (χ4n) is 3.60. The number of nitrogens with one attached hydrogen (secondary N) is 1. The largest absolute Gasteiger partial charge is 0.354 e. The molecule has 0 atom stereocenters. The number of sulfonamides is 1. The third kappa shape index (κ3) is 4.83. The van der Waals surface area contributed by atoms with Gasteiger partial charge in [0, 0.05) is 38.4 Å². The normalized spacial score (nSPS) is 15.1. The fourth-order valence-corrected chi connectivity index (χ4v) is 5.12. The lowest BCUT2D eigenvalue weighted by atomic mass is 10.2. The number of nitrogens with zero attached hydrogens (tertiary/aromatic N) is 5. The molecule has 3 aromatic rings. The first-order valence-corrected chi connectivity index (χ1v) is 11.6. The molecule has 8 nitrogen and oxygen atoms in total. The van der Waals surface area contributed by atoms with E-state index in [0.29, 0.717) is 42.7 Å². The molecule has 0 spiro atoms. The molecule has 2 aromatic heterocycles. The number of benzene rings is 1. The number of piperazine rings is 1. The van der Waals surface area contributed by atoms with Crippen molar-refractivity contribution >= 4 is 27.5 Å². The highest BCUT2D eigenvalue weighted by Crippen LogP contribution is 2.23. The zero-order valence-corrected chi connectivity index (χ0v) is 18.7. The second kappa shape index (κ2) is 8.60. The van der Waals surface area contributed by atoms with E-state index < -0.39 is 10.0 Å². The number of hydrogen-bond acceptors (Lipinski definition) is 7. The van der Waals surface area contributed by atoms with Crippen molar-refractivity contribution in [2.45, 2.75) is 25.7 Å². The molecule has 1 aliphatic rings. The van der Waals surface area contributed by atoms with Crippen LogP contribution in [0.3, 0.4) is 0 Å². The highest BCUT2D eigenvalue weighted by atomic mass is 32.2. The molecule has 0 unspecified atom stereocenters. The molecule has 1 aromatic carbocycles. The molecule has 0 aliphatic carbocycles. The number of anilines is 3. The topological polar surface area (TPSA) is 91.3 Å². The number of rotatable bonds is 5. The Kier molecular flexibility index (Phi) is 5.88. The number of aromatic nitrogens is 3. The summed E-state index contributed by atoms with van der Waals surface area (Å²) in [5.41, 5.74) is 2.04. The maximum Gasteiger partial charge on any atom is 0.243 e. The summed E-state index contributed by atoms with van der Waals surface area (Å²) in [6, 6.07) is 12.8. The average molecular weight is 439 g/mol. The zero-order valence-electron chi connectivity index (χ0n) is 17.9. The maximum atomic E-state index is 13.0. The summed E-state index contributed by atoms with van der Waals surface area (Å²) in [6.07, 6.45) is 1.75. The van der Waals surface area contributed by atoms with E-state index >= 15 is 0 Å². The minimum atomic E-state index is -3.50. The van der Waals surface area contributed by atoms with E-state index in [9.17, 15) is 8.42 Å². The summed E-state index contributed by atoms with van der Waals surface area (Å²) in [5, 5.41) is 3.23. The first-order valence-electron chi connectivity index (χ1n) is 10.2. The van der Waals surface area contributed by atoms with Gasteiger partial charge in [0.25, 0.3) is 0 Å². The van der Waals surface area contributed by atoms with Gasteiger partial charge in [-0.2, -0.15) is 4.31 Å². The zero-order chi connectivity index (χ0) is 22.0. The van der Waals surface area contributed by atoms with Crippen LogP contribution in [0.15, 0.2) is 53.6 Å². The van der Waals surface area contributed by atoms with E-state index in [1.54, 1.807) is 28.7 Å². The Balaban J connectivity index is 1.48. The Labute approximate surface area is 183 Å². The van der Waals surface area contributed by atoms with Gasteiger partial charge in [0.05, 0.1) is 4.90 Å². The second-order valence-corrected chi connectivity index (χ2v) is 9.65. The summed E-state index contributed by atoms with van der Waals surface area (Å²) < 4.78 is 27.5. The predicted molar refractivity (Wildman–Crippen MR) is 121 cm³/mol. The van der Waals surface area contributed by atoms with Gasteiger partial charge in [-0.05, 0) is 56.2 Å². The molecule has 1 fully saturated rings. The van der Waals surface area contributed by atoms with E-state index in [0.717, 1.165) is 22.8 Å². The minimum Gasteiger partial charge on any atom is -0.354 e. The molecular formula is C22H26N6O2S. The van der Waals surface area contributed by atoms with Gasteiger partial charge in [0.15, 0.2) is 0 Å². The lowest BCUT2D eigenvalue weighted by molar-refractivity contribution is 0.383. The Morgan fingerprint density at radius 3 is 2.32 bits per heavy atom. The monoisotopic (exact) mass is 438 g/mol. The number of pyridine rings is 1. The van der Waals surface area contributed by atoms with Crippen LogP contribution in [-0.4, -0.2) is 53.9 Å². The lowest BCUT2D eigenvalue weighted by Crippen LogP contribution is -2.49. The van der Waals surface area contributed by atoms with E-state index in [1.807, 2.05) is 45.0 Å². The van der Waals surface area contributed by atoms with Gasteiger partial charge < -0.3 is 10.2 Å². The number of aryl methyl sites for hydroxylation is 3. The molecule has 1 N–H and O–H groups in total. The molecule has 0 saturated carbocycles. The molecule has 0 bridgehead atoms. The Bertz CT molecular complexity index is 1190. The van der Waals surface area contributed by atoms with E-state index in [1.165, 1.54) is 0 Å². The van der Waals surface area contributed by atoms with Crippen LogP contribution in [0.25, 0.3) is 0 Å². The number of hydrogen-bond donors (Lipinski definition) is 1. The maximum absolute atomic E-state index is 13.0. The van der Waals surface area contributed by atoms with Crippen LogP contribution in [0.5, 0.6) is 0 Å². The van der Waals surface area contributed by atoms with E-state index in [-0.39, 0.29) is 0 Å². The molecular weight excluding hydrogens is 412 g/mol. The third-order valence-electron chi connectivity index (χ3n) is 5.19. The highest BCUT2D eigenvalue weighted by Gasteiger charge is 2.29. The van der Waals surface area contributed by atoms with Crippen molar-refractivity contribution in [3.05, 3.63) is 65.6 Å². The third-order valence-corrected chi connectivity index (χ3v) is 7.08. The molecule has 1 aliphatic heterocycles. The molecule has 162 valence electrons. The first kappa shape index (κ1) is 21.2. The van der Waals surface area contributed by atoms with Gasteiger partial charge in [-0.15, -0.1) is 0 Å². The van der Waals surface area contributed by atoms with Crippen LogP contribution in [0.4, 0.5) is 17.5 Å². The lowest BCUT2D eigenvalue weighted by Gasteiger charge is -2.34. The van der Waals surface area contributed by atoms with Crippen LogP contribution in [0.2, 0.25) is 0 Å². The Morgan fingerprint density at radius 1 is 0.871 bits per heavy atom. The molecule has 0 radical (unpaired) electrons. The van der Waals surface area contributed by atoms with Crippen molar-refractivity contribution in [2.24, 2.45) is 0 Å². The average Bonchev–Trinajstić information content (AvgIpc) is 2.73. The Hall–Kier alpha value is -3.04. The highest BCUT2D eigenvalue weighted by molar-refractivity contribution is 7.89. The Morgan fingerprint density at radius 2 is 1.61 bits per heavy atom. The quantitative estimate of drug-likeness (QED) is 0.655. The van der Waals surface area contributed by atoms with Gasteiger partial charge in [0.1, 0.15) is 23.3 Å². The standard InChI is InChI=1S/C22H26N6O2S/c1-16-5-4-6-19(13-16)31(29,30)28-11-9-27(10-12-28)22-15-21(24-18(3)25-22)26-20-14-17(2)7-8-23-20/h4-8,13-15H,9-12H2,1-3H3,(H,23,24,25,26). The first-order chi connectivity index (χ1) is 14.8. The van der Waals surface area contributed by atoms with Crippen LogP contribution >= 0.6 is 0 Å². The van der Waals surface area contributed by atoms with Gasteiger partial charge in [-0.1, -0.05) is 12.1 Å². The van der Waals surface area contributed by atoms with E-state index in [4.69, 9.17) is 0 Å². The van der Waals surface area contributed by atoms with Gasteiger partial charge in [-0.3, -0.25) is 0 Å². The summed E-state index contributed by atoms with van der Waals surface area (Å²) in [6.45, 7) is 7.67. The summed E-state index contributed by atoms with van der Waals surface area (Å²) in [7, 11) is -3.50. The second-order valence-electron chi connectivity index (χ2n) is 7.71. The minimum absolute atomic E-state index is 0.343. The van der Waals surface area contributed by atoms with Crippen LogP contribution < -0.4 is 10.2 Å². The summed E-state index contributed by atoms with van der Waals surface area (Å²) >= 11 is 0. The van der Waals surface area contributed by atoms with Crippen molar-refractivity contribution in [3.8, 4) is 0 Å². The van der Waals surface area contributed by atoms with Crippen molar-refractivity contribution in [1.29, 1.82) is 0 Å². The summed E-state index contributed by atoms with van der Waals surface area (Å²) in [4.78, 5) is 15.8. The fraction of sp³-hybridized carbons (Fsp3) is 0.318. The van der Waals surface area contributed by atoms with Gasteiger partial charge in [0.2, 0.25) is 10.0 Å². The molecule has 0 amide bonds. The SMILES string of the molecule is Cc1cccc(S(=O)(=O)N2CCN(c3cc(Nc4cc(C)ccn4)nc(C)n3)CC2)c1. The predicted octanol–water partition coefficient (Wildman–Crippen LogP) is 3.05. The smallest absolute Gasteiger partial charge is 0.243 e. The van der Waals surface area contributed by atoms with Crippen molar-refractivity contribution in [2.75, 3.05) is 36.4 Å². The van der Waals surface area contributed by atoms with Crippen LogP contribution in [0, 0.1) is 20.8 Å². The molecule has 9 heteroatoms. The molecule has 4 rings (SSSR count). The van der Waals surface area contributed by atoms with Crippen molar-refractivity contribution in [3.63, 3.8) is 0 Å². The van der Waals surface area contributed by atoms with Gasteiger partial charge >= 0.3 is 0 Å². The van der Waals surface area contributed by atoms with Crippen LogP contribution in [0.1, 0.15) is 17.0 Å². The molecule has 3 heterocycles. The van der Waals surface area contributed by atoms with Gasteiger partial charge in [-0.25, -0.2) is 23.4 Å². The van der Waals surface area contributed by atoms with Crippen molar-refractivity contribution < 1.29 is 8.42 Å². The van der Waals surface area contributed by atoms with Crippen LogP contribution in [-0.2, 0) is 10.0 Å². The molecule has 31 heavy (non-hydrogen) atoms. The molecule has 1 saturated heterocycles. The van der Waals surface area contributed by atoms with E-state index in [2.05, 4.69) is 25.2 Å². The summed E-state index contributed by atoms with van der Waals surface area (Å²) in [5.74, 6) is 2.80. The van der Waals surface area contributed by atoms with Crippen molar-refractivity contribution in [1.82, 2.24) is 19.3 Å².